The minimum absolute atomic E-state index is 0.266. The van der Waals surface area contributed by atoms with Crippen molar-refractivity contribution in [1.29, 1.82) is 0 Å². The second-order valence-electron chi connectivity index (χ2n) is 14.1. The molecule has 2 aromatic heterocycles. The summed E-state index contributed by atoms with van der Waals surface area (Å²) in [7, 11) is 0. The van der Waals surface area contributed by atoms with Gasteiger partial charge in [-0.05, 0) is 134 Å². The van der Waals surface area contributed by atoms with Gasteiger partial charge in [-0.1, -0.05) is 29.8 Å². The third kappa shape index (κ3) is 7.77. The van der Waals surface area contributed by atoms with Crippen molar-refractivity contribution in [2.24, 2.45) is 10.8 Å². The fourth-order valence-corrected chi connectivity index (χ4v) is 4.85. The van der Waals surface area contributed by atoms with E-state index in [1.165, 1.54) is 11.1 Å². The van der Waals surface area contributed by atoms with E-state index in [-0.39, 0.29) is 11.9 Å². The number of aromatic nitrogens is 4. The van der Waals surface area contributed by atoms with Crippen molar-refractivity contribution in [2.45, 2.75) is 62.3 Å². The first-order chi connectivity index (χ1) is 22.5. The fraction of sp³-hybridized carbons (Fsp3) is 0.282. The summed E-state index contributed by atoms with van der Waals surface area (Å²) in [6.45, 7) is 17.1. The molecule has 0 fully saturated rings. The quantitative estimate of drug-likeness (QED) is 0.143. The number of aromatic amines is 2. The lowest BCUT2D eigenvalue weighted by Gasteiger charge is -2.17. The summed E-state index contributed by atoms with van der Waals surface area (Å²) in [5, 5.41) is 0.553. The van der Waals surface area contributed by atoms with Crippen LogP contribution in [0.4, 0.5) is 0 Å². The molecule has 0 aliphatic carbocycles. The predicted octanol–water partition coefficient (Wildman–Crippen LogP) is 9.94. The van der Waals surface area contributed by atoms with E-state index in [0.29, 0.717) is 33.7 Å². The molecule has 0 amide bonds. The summed E-state index contributed by atoms with van der Waals surface area (Å²) in [5.41, 5.74) is 7.51. The van der Waals surface area contributed by atoms with Gasteiger partial charge < -0.3 is 19.4 Å². The number of esters is 2. The van der Waals surface area contributed by atoms with E-state index in [2.05, 4.69) is 45.9 Å². The van der Waals surface area contributed by atoms with Crippen molar-refractivity contribution in [3.8, 4) is 34.3 Å². The van der Waals surface area contributed by atoms with E-state index in [9.17, 15) is 9.59 Å². The Hall–Kier alpha value is -4.95. The number of nitrogens with one attached hydrogen (secondary N) is 2. The first-order valence-electron chi connectivity index (χ1n) is 15.8. The Morgan fingerprint density at radius 1 is 0.625 bits per heavy atom. The minimum Gasteiger partial charge on any atom is -0.425 e. The zero-order valence-electron chi connectivity index (χ0n) is 28.8. The summed E-state index contributed by atoms with van der Waals surface area (Å²) >= 11 is 6.13. The van der Waals surface area contributed by atoms with Gasteiger partial charge in [-0.3, -0.25) is 9.59 Å². The van der Waals surface area contributed by atoms with E-state index in [1.54, 1.807) is 24.3 Å². The van der Waals surface area contributed by atoms with Crippen molar-refractivity contribution in [3.63, 3.8) is 0 Å². The van der Waals surface area contributed by atoms with Crippen LogP contribution in [0.3, 0.4) is 0 Å². The van der Waals surface area contributed by atoms with Crippen molar-refractivity contribution < 1.29 is 19.1 Å². The maximum atomic E-state index is 12.2. The third-order valence-electron chi connectivity index (χ3n) is 7.70. The molecule has 0 saturated heterocycles. The van der Waals surface area contributed by atoms with Crippen molar-refractivity contribution >= 4 is 45.6 Å². The van der Waals surface area contributed by atoms with Gasteiger partial charge in [0.1, 0.15) is 23.1 Å². The number of hydrogen-bond donors (Lipinski definition) is 2. The summed E-state index contributed by atoms with van der Waals surface area (Å²) in [6, 6.07) is 22.7. The number of carbonyl (C=O) groups is 2. The smallest absolute Gasteiger partial charge is 0.316 e. The van der Waals surface area contributed by atoms with Crippen LogP contribution in [0.2, 0.25) is 5.02 Å². The van der Waals surface area contributed by atoms with Gasteiger partial charge in [0.2, 0.25) is 0 Å². The second kappa shape index (κ2) is 13.3. The monoisotopic (exact) mass is 664 g/mol. The zero-order chi connectivity index (χ0) is 35.0. The van der Waals surface area contributed by atoms with Gasteiger partial charge in [0, 0.05) is 5.02 Å². The number of aryl methyl sites for hydroxylation is 3. The van der Waals surface area contributed by atoms with E-state index >= 15 is 0 Å². The zero-order valence-corrected chi connectivity index (χ0v) is 29.6. The van der Waals surface area contributed by atoms with Crippen molar-refractivity contribution in [1.82, 2.24) is 19.9 Å². The Bertz CT molecular complexity index is 2110. The number of imidazole rings is 2. The topological polar surface area (TPSA) is 110 Å². The minimum atomic E-state index is -0.595. The van der Waals surface area contributed by atoms with E-state index in [1.807, 2.05) is 84.9 Å². The molecule has 0 atom stereocenters. The Morgan fingerprint density at radius 3 is 1.81 bits per heavy atom. The van der Waals surface area contributed by atoms with Gasteiger partial charge in [-0.25, -0.2) is 9.97 Å². The maximum absolute atomic E-state index is 12.2. The van der Waals surface area contributed by atoms with Crippen LogP contribution in [0.15, 0.2) is 72.8 Å². The van der Waals surface area contributed by atoms with Gasteiger partial charge in [0.05, 0.1) is 44.0 Å². The first kappa shape index (κ1) is 34.4. The predicted molar refractivity (Wildman–Crippen MR) is 192 cm³/mol. The molecule has 48 heavy (non-hydrogen) atoms. The Labute approximate surface area is 285 Å². The summed E-state index contributed by atoms with van der Waals surface area (Å²) in [4.78, 5) is 40.3. The van der Waals surface area contributed by atoms with Gasteiger partial charge >= 0.3 is 11.9 Å². The molecule has 2 heterocycles. The number of rotatable bonds is 4. The number of benzene rings is 4. The van der Waals surface area contributed by atoms with Gasteiger partial charge in [0.15, 0.2) is 0 Å². The molecular formula is C39H41ClN4O4. The van der Waals surface area contributed by atoms with E-state index in [4.69, 9.17) is 21.1 Å². The molecule has 248 valence electrons. The summed E-state index contributed by atoms with van der Waals surface area (Å²) in [5.74, 6) is 1.71. The summed E-state index contributed by atoms with van der Waals surface area (Å²) in [6.07, 6.45) is 0. The lowest BCUT2D eigenvalue weighted by Crippen LogP contribution is -2.25. The highest BCUT2D eigenvalue weighted by atomic mass is 35.5. The number of ether oxygens (including phenoxy) is 2. The van der Waals surface area contributed by atoms with Crippen LogP contribution in [-0.2, 0) is 9.59 Å². The van der Waals surface area contributed by atoms with Crippen LogP contribution in [0.1, 0.15) is 58.2 Å². The van der Waals surface area contributed by atoms with Crippen LogP contribution in [0.5, 0.6) is 11.5 Å². The molecule has 2 N–H and O–H groups in total. The molecule has 0 spiro atoms. The van der Waals surface area contributed by atoms with E-state index in [0.717, 1.165) is 33.2 Å². The van der Waals surface area contributed by atoms with Gasteiger partial charge in [-0.15, -0.1) is 0 Å². The van der Waals surface area contributed by atoms with E-state index < -0.39 is 10.8 Å². The molecule has 8 nitrogen and oxygen atoms in total. The number of carbonyl (C=O) groups excluding carboxylic acids is 2. The number of fused-ring (bicyclic) bond motifs is 2. The average molecular weight is 665 g/mol. The van der Waals surface area contributed by atoms with Gasteiger partial charge in [0.25, 0.3) is 0 Å². The first-order valence-corrected chi connectivity index (χ1v) is 16.1. The lowest BCUT2D eigenvalue weighted by molar-refractivity contribution is -0.143. The van der Waals surface area contributed by atoms with Gasteiger partial charge in [-0.2, -0.15) is 0 Å². The largest absolute Gasteiger partial charge is 0.425 e. The highest BCUT2D eigenvalue weighted by Crippen LogP contribution is 2.34. The Kier molecular flexibility index (Phi) is 9.51. The molecule has 9 heteroatoms. The van der Waals surface area contributed by atoms with Crippen molar-refractivity contribution in [3.05, 3.63) is 94.5 Å². The maximum Gasteiger partial charge on any atom is 0.316 e. The van der Waals surface area contributed by atoms with Crippen LogP contribution in [-0.4, -0.2) is 31.9 Å². The fourth-order valence-electron chi connectivity index (χ4n) is 4.68. The molecule has 0 saturated carbocycles. The molecular weight excluding hydrogens is 624 g/mol. The molecule has 0 radical (unpaired) electrons. The molecule has 0 aliphatic heterocycles. The lowest BCUT2D eigenvalue weighted by atomic mass is 9.97. The number of para-hydroxylation sites is 1. The molecule has 6 rings (SSSR count). The average Bonchev–Trinajstić information content (AvgIpc) is 3.61. The van der Waals surface area contributed by atoms with Crippen LogP contribution in [0, 0.1) is 31.6 Å². The molecule has 6 aromatic rings. The second-order valence-corrected chi connectivity index (χ2v) is 14.5. The molecule has 0 aliphatic rings. The van der Waals surface area contributed by atoms with Crippen LogP contribution < -0.4 is 9.47 Å². The Morgan fingerprint density at radius 2 is 1.17 bits per heavy atom. The molecule has 0 unspecified atom stereocenters. The number of H-pyrrole nitrogens is 2. The number of nitrogens with zero attached hydrogens (tertiary/aromatic N) is 2. The summed E-state index contributed by atoms with van der Waals surface area (Å²) < 4.78 is 11.2. The SMILES string of the molecule is Cc1cc2nc(-c3ccccc3OC(=O)C(C)(C)C)[nH]c2cc1C.Cc1ccc2nc(-c3cc(Cl)ccc3OC(=O)C(C)(C)C)[nH]c2c1. The van der Waals surface area contributed by atoms with Crippen LogP contribution >= 0.6 is 11.6 Å². The number of halogens is 1. The Balaban J connectivity index is 0.000000188. The third-order valence-corrected chi connectivity index (χ3v) is 7.94. The van der Waals surface area contributed by atoms with Crippen molar-refractivity contribution in [2.75, 3.05) is 0 Å². The van der Waals surface area contributed by atoms with Crippen LogP contribution in [0.25, 0.3) is 44.8 Å². The standard InChI is InChI=1S/C20H22N2O2.C19H19ClN2O2/c1-12-10-15-16(11-13(12)2)22-18(21-15)14-8-6-7-9-17(14)24-19(23)20(3,4)5;1-11-5-7-14-15(9-11)22-17(21-14)13-10-12(20)6-8-16(13)24-18(23)19(2,3)4/h6-11H,1-5H3,(H,21,22);5-10H,1-4H3,(H,21,22). The molecule has 4 aromatic carbocycles. The highest BCUT2D eigenvalue weighted by Gasteiger charge is 2.26. The normalized spacial score (nSPS) is 11.7. The molecule has 0 bridgehead atoms. The highest BCUT2D eigenvalue weighted by molar-refractivity contribution is 6.31. The number of hydrogen-bond acceptors (Lipinski definition) is 6.